The molecule has 0 bridgehead atoms. The van der Waals surface area contributed by atoms with Gasteiger partial charge in [-0.2, -0.15) is 0 Å². The Balaban J connectivity index is 2.11. The molecular weight excluding hydrogens is 442 g/mol. The molecule has 0 aromatic rings. The maximum atomic E-state index is 13.0. The fraction of sp³-hybridized carbons (Fsp3) is 0.680. The van der Waals surface area contributed by atoms with Crippen LogP contribution in [-0.2, 0) is 28.7 Å². The molecule has 9 nitrogen and oxygen atoms in total. The lowest BCUT2D eigenvalue weighted by Gasteiger charge is -2.28. The van der Waals surface area contributed by atoms with Crippen molar-refractivity contribution in [3.63, 3.8) is 0 Å². The van der Waals surface area contributed by atoms with Gasteiger partial charge >= 0.3 is 5.97 Å². The van der Waals surface area contributed by atoms with Crippen LogP contribution in [0.3, 0.4) is 0 Å². The molecule has 0 aliphatic carbocycles. The molecule has 6 atom stereocenters. The number of hydrogen-bond acceptors (Lipinski definition) is 8. The Hall–Kier alpha value is -2.36. The van der Waals surface area contributed by atoms with E-state index in [-0.39, 0.29) is 61.5 Å². The van der Waals surface area contributed by atoms with E-state index in [2.05, 4.69) is 5.32 Å². The largest absolute Gasteiger partial charge is 0.457 e. The molecule has 0 aromatic carbocycles. The third-order valence-corrected chi connectivity index (χ3v) is 6.45. The van der Waals surface area contributed by atoms with Crippen molar-refractivity contribution in [2.45, 2.75) is 83.7 Å². The summed E-state index contributed by atoms with van der Waals surface area (Å²) in [5.74, 6) is -2.88. The van der Waals surface area contributed by atoms with Crippen LogP contribution >= 0.6 is 0 Å². The van der Waals surface area contributed by atoms with E-state index in [9.17, 15) is 29.4 Å². The van der Waals surface area contributed by atoms with Crippen molar-refractivity contribution >= 4 is 23.6 Å². The van der Waals surface area contributed by atoms with E-state index in [0.717, 1.165) is 0 Å². The summed E-state index contributed by atoms with van der Waals surface area (Å²) >= 11 is 0. The number of methoxy groups -OCH3 is 1. The summed E-state index contributed by atoms with van der Waals surface area (Å²) in [6.45, 7) is 5.21. The molecule has 2 amide bonds. The van der Waals surface area contributed by atoms with Gasteiger partial charge in [0.05, 0.1) is 18.1 Å². The zero-order valence-corrected chi connectivity index (χ0v) is 20.4. The third kappa shape index (κ3) is 8.14. The van der Waals surface area contributed by atoms with E-state index < -0.39 is 36.3 Å². The number of rotatable bonds is 7. The molecule has 2 aliphatic rings. The number of Topliss-reactive ketones (excluding diaryl/α,β-unsaturated/α-hetero) is 1. The van der Waals surface area contributed by atoms with Crippen molar-refractivity contribution in [1.29, 1.82) is 0 Å². The summed E-state index contributed by atoms with van der Waals surface area (Å²) in [5.41, 5.74) is 0.629. The van der Waals surface area contributed by atoms with E-state index in [0.29, 0.717) is 12.0 Å². The molecule has 2 rings (SSSR count). The Kier molecular flexibility index (Phi) is 10.6. The van der Waals surface area contributed by atoms with E-state index in [1.165, 1.54) is 7.11 Å². The molecule has 1 saturated heterocycles. The number of amides is 2. The van der Waals surface area contributed by atoms with Crippen LogP contribution in [0.5, 0.6) is 0 Å². The van der Waals surface area contributed by atoms with Crippen LogP contribution in [-0.4, -0.2) is 65.3 Å². The Bertz CT molecular complexity index is 804. The molecule has 0 saturated carbocycles. The summed E-state index contributed by atoms with van der Waals surface area (Å²) in [6, 6.07) is 0. The highest BCUT2D eigenvalue weighted by molar-refractivity contribution is 5.97. The van der Waals surface area contributed by atoms with Gasteiger partial charge < -0.3 is 19.7 Å². The number of carbonyl (C=O) groups is 4. The fourth-order valence-corrected chi connectivity index (χ4v) is 4.54. The summed E-state index contributed by atoms with van der Waals surface area (Å²) < 4.78 is 11.0. The lowest BCUT2D eigenvalue weighted by molar-refractivity contribution is -0.151. The Morgan fingerprint density at radius 2 is 1.91 bits per heavy atom. The van der Waals surface area contributed by atoms with Crippen LogP contribution in [0, 0.1) is 17.8 Å². The van der Waals surface area contributed by atoms with Crippen molar-refractivity contribution < 1.29 is 38.9 Å². The number of hydrogen-bond donors (Lipinski definition) is 3. The number of allylic oxidation sites excluding steroid dienone is 1. The highest BCUT2D eigenvalue weighted by atomic mass is 16.5. The van der Waals surface area contributed by atoms with Crippen molar-refractivity contribution in [1.82, 2.24) is 5.32 Å². The lowest BCUT2D eigenvalue weighted by atomic mass is 9.85. The van der Waals surface area contributed by atoms with Crippen LogP contribution < -0.4 is 5.32 Å². The minimum atomic E-state index is -1.02. The molecule has 0 radical (unpaired) electrons. The summed E-state index contributed by atoms with van der Waals surface area (Å²) in [4.78, 5) is 48.5. The molecule has 2 heterocycles. The molecule has 9 heteroatoms. The van der Waals surface area contributed by atoms with E-state index in [1.54, 1.807) is 32.1 Å². The molecule has 0 aromatic heterocycles. The molecule has 34 heavy (non-hydrogen) atoms. The van der Waals surface area contributed by atoms with E-state index in [4.69, 9.17) is 9.47 Å². The van der Waals surface area contributed by atoms with Gasteiger partial charge in [0, 0.05) is 38.7 Å². The number of cyclic esters (lactones) is 1. The minimum Gasteiger partial charge on any atom is -0.457 e. The highest BCUT2D eigenvalue weighted by Gasteiger charge is 2.33. The second-order valence-electron chi connectivity index (χ2n) is 9.43. The van der Waals surface area contributed by atoms with Gasteiger partial charge in [0.2, 0.25) is 11.8 Å². The molecule has 3 N–H and O–H groups in total. The van der Waals surface area contributed by atoms with Crippen LogP contribution in [0.2, 0.25) is 0 Å². The zero-order chi connectivity index (χ0) is 25.4. The number of carbonyl (C=O) groups excluding carboxylic acids is 4. The topological polar surface area (TPSA) is 139 Å². The van der Waals surface area contributed by atoms with Gasteiger partial charge in [0.1, 0.15) is 18.0 Å². The standard InChI is InChI=1S/C25H37NO8/c1-14-9-15(2)25(34-23(31)8-6-5-7-20(33-4)24(14)32)16(3)19(28)13-18(27)10-17-11-21(29)26-22(30)12-17/h5,7,9,14,16-18,20,24-25,27,32H,6,8,10-13H2,1-4H3,(H,26,29,30)/t14-,16-,18-,20+,24+,25+/m1/s1. The normalized spacial score (nSPS) is 29.2. The summed E-state index contributed by atoms with van der Waals surface area (Å²) in [6.07, 6.45) is 2.82. The molecule has 190 valence electrons. The average Bonchev–Trinajstić information content (AvgIpc) is 2.74. The van der Waals surface area contributed by atoms with Crippen molar-refractivity contribution in [2.75, 3.05) is 7.11 Å². The number of aliphatic hydroxyl groups excluding tert-OH is 2. The molecule has 0 unspecified atom stereocenters. The predicted molar refractivity (Wildman–Crippen MR) is 123 cm³/mol. The minimum absolute atomic E-state index is 0.115. The van der Waals surface area contributed by atoms with Crippen LogP contribution in [0.1, 0.15) is 59.3 Å². The first-order valence-corrected chi connectivity index (χ1v) is 11.8. The summed E-state index contributed by atoms with van der Waals surface area (Å²) in [7, 11) is 1.51. The Morgan fingerprint density at radius 1 is 1.26 bits per heavy atom. The predicted octanol–water partition coefficient (Wildman–Crippen LogP) is 1.61. The van der Waals surface area contributed by atoms with Crippen molar-refractivity contribution in [3.8, 4) is 0 Å². The van der Waals surface area contributed by atoms with Gasteiger partial charge in [-0.1, -0.05) is 32.1 Å². The Morgan fingerprint density at radius 3 is 2.53 bits per heavy atom. The highest BCUT2D eigenvalue weighted by Crippen LogP contribution is 2.26. The smallest absolute Gasteiger partial charge is 0.306 e. The molecule has 0 spiro atoms. The van der Waals surface area contributed by atoms with E-state index in [1.807, 2.05) is 6.92 Å². The lowest BCUT2D eigenvalue weighted by Crippen LogP contribution is -2.40. The van der Waals surface area contributed by atoms with Gasteiger partial charge in [-0.05, 0) is 31.3 Å². The average molecular weight is 480 g/mol. The number of aliphatic hydroxyl groups is 2. The van der Waals surface area contributed by atoms with Gasteiger partial charge in [0.15, 0.2) is 0 Å². The molecular formula is C25H37NO8. The van der Waals surface area contributed by atoms with Gasteiger partial charge in [0.25, 0.3) is 0 Å². The maximum absolute atomic E-state index is 13.0. The van der Waals surface area contributed by atoms with Crippen LogP contribution in [0.4, 0.5) is 0 Å². The number of ketones is 1. The second kappa shape index (κ2) is 12.9. The van der Waals surface area contributed by atoms with Crippen LogP contribution in [0.15, 0.2) is 23.8 Å². The van der Waals surface area contributed by atoms with Gasteiger partial charge in [-0.15, -0.1) is 0 Å². The molecule has 1 fully saturated rings. The third-order valence-electron chi connectivity index (χ3n) is 6.45. The first-order chi connectivity index (χ1) is 16.0. The van der Waals surface area contributed by atoms with Gasteiger partial charge in [-0.3, -0.25) is 24.5 Å². The monoisotopic (exact) mass is 479 g/mol. The van der Waals surface area contributed by atoms with Crippen molar-refractivity contribution in [3.05, 3.63) is 23.8 Å². The fourth-order valence-electron chi connectivity index (χ4n) is 4.54. The first kappa shape index (κ1) is 27.9. The second-order valence-corrected chi connectivity index (χ2v) is 9.43. The van der Waals surface area contributed by atoms with Gasteiger partial charge in [-0.25, -0.2) is 0 Å². The quantitative estimate of drug-likeness (QED) is 0.284. The zero-order valence-electron chi connectivity index (χ0n) is 20.4. The Labute approximate surface area is 200 Å². The number of imide groups is 1. The molecule has 2 aliphatic heterocycles. The van der Waals surface area contributed by atoms with Crippen molar-refractivity contribution in [2.24, 2.45) is 17.8 Å². The van der Waals surface area contributed by atoms with E-state index >= 15 is 0 Å². The number of piperidine rings is 1. The summed E-state index contributed by atoms with van der Waals surface area (Å²) in [5, 5.41) is 23.3. The SMILES string of the molecule is CO[C@H]1C=CCCC(=O)O[C@H]([C@H](C)C(=O)C[C@H](O)CC2CC(=O)NC(=O)C2)C(C)=C[C@@H](C)[C@@H]1O. The maximum Gasteiger partial charge on any atom is 0.306 e. The first-order valence-electron chi connectivity index (χ1n) is 11.8. The number of esters is 1. The number of ether oxygens (including phenoxy) is 2. The van der Waals surface area contributed by atoms with Crippen LogP contribution in [0.25, 0.3) is 0 Å². The number of nitrogens with one attached hydrogen (secondary N) is 1.